The Morgan fingerprint density at radius 2 is 2.00 bits per heavy atom. The second kappa shape index (κ2) is 4.64. The van der Waals surface area contributed by atoms with Crippen LogP contribution in [0, 0.1) is 0 Å². The summed E-state index contributed by atoms with van der Waals surface area (Å²) in [4.78, 5) is 0. The number of hydrogen-bond acceptors (Lipinski definition) is 4. The molecule has 0 amide bonds. The van der Waals surface area contributed by atoms with Crippen LogP contribution < -0.4 is 5.73 Å². The maximum Gasteiger partial charge on any atom is 0.218 e. The summed E-state index contributed by atoms with van der Waals surface area (Å²) in [7, 11) is -3.33. The van der Waals surface area contributed by atoms with Gasteiger partial charge >= 0.3 is 0 Å². The second-order valence-electron chi connectivity index (χ2n) is 4.30. The molecule has 1 atom stereocenters. The molecule has 1 aromatic rings. The summed E-state index contributed by atoms with van der Waals surface area (Å²) in [6, 6.07) is 6.78. The Morgan fingerprint density at radius 1 is 1.35 bits per heavy atom. The van der Waals surface area contributed by atoms with Crippen molar-refractivity contribution in [3.63, 3.8) is 0 Å². The number of aliphatic hydroxyl groups is 1. The average molecular weight is 256 g/mol. The van der Waals surface area contributed by atoms with Crippen LogP contribution in [0.3, 0.4) is 0 Å². The van der Waals surface area contributed by atoms with Crippen LogP contribution in [0.15, 0.2) is 24.3 Å². The Morgan fingerprint density at radius 3 is 2.53 bits per heavy atom. The van der Waals surface area contributed by atoms with Gasteiger partial charge in [0, 0.05) is 18.8 Å². The van der Waals surface area contributed by atoms with Crippen molar-refractivity contribution in [2.24, 2.45) is 0 Å². The molecule has 0 aromatic heterocycles. The predicted octanol–water partition coefficient (Wildman–Crippen LogP) is 0.165. The quantitative estimate of drug-likeness (QED) is 0.755. The fourth-order valence-corrected chi connectivity index (χ4v) is 3.46. The molecule has 1 aromatic carbocycles. The van der Waals surface area contributed by atoms with Crippen molar-refractivity contribution in [1.29, 1.82) is 0 Å². The van der Waals surface area contributed by atoms with Crippen molar-refractivity contribution in [3.05, 3.63) is 29.8 Å². The van der Waals surface area contributed by atoms with E-state index in [0.717, 1.165) is 0 Å². The highest BCUT2D eigenvalue weighted by Gasteiger charge is 2.30. The number of hydrogen-bond donors (Lipinski definition) is 2. The third-order valence-electron chi connectivity index (χ3n) is 2.85. The number of nitrogen functional groups attached to an aromatic ring is 1. The minimum Gasteiger partial charge on any atom is -0.399 e. The van der Waals surface area contributed by atoms with Crippen LogP contribution >= 0.6 is 0 Å². The van der Waals surface area contributed by atoms with Crippen LogP contribution in [0.1, 0.15) is 12.0 Å². The van der Waals surface area contributed by atoms with Crippen molar-refractivity contribution in [2.45, 2.75) is 18.3 Å². The standard InChI is InChI=1S/C11H16N2O3S/c12-10-3-1-9(2-4-10)8-17(15,16)13-6-5-11(14)7-13/h1-4,11,14H,5-8,12H2/t11-/m0/s1. The SMILES string of the molecule is Nc1ccc(CS(=O)(=O)N2CC[C@H](O)C2)cc1. The highest BCUT2D eigenvalue weighted by molar-refractivity contribution is 7.88. The summed E-state index contributed by atoms with van der Waals surface area (Å²) < 4.78 is 25.4. The highest BCUT2D eigenvalue weighted by Crippen LogP contribution is 2.18. The van der Waals surface area contributed by atoms with E-state index in [-0.39, 0.29) is 12.3 Å². The number of anilines is 1. The molecule has 6 heteroatoms. The normalized spacial score (nSPS) is 21.8. The molecule has 2 rings (SSSR count). The number of nitrogens with two attached hydrogens (primary N) is 1. The van der Waals surface area contributed by atoms with Gasteiger partial charge in [0.25, 0.3) is 0 Å². The molecule has 3 N–H and O–H groups in total. The molecule has 0 unspecified atom stereocenters. The van der Waals surface area contributed by atoms with Crippen LogP contribution in [0.5, 0.6) is 0 Å². The molecule has 1 aliphatic rings. The first-order chi connectivity index (χ1) is 7.97. The molecule has 94 valence electrons. The van der Waals surface area contributed by atoms with Gasteiger partial charge in [-0.1, -0.05) is 12.1 Å². The van der Waals surface area contributed by atoms with E-state index in [0.29, 0.717) is 24.2 Å². The summed E-state index contributed by atoms with van der Waals surface area (Å²) in [6.45, 7) is 0.607. The van der Waals surface area contributed by atoms with E-state index < -0.39 is 16.1 Å². The van der Waals surface area contributed by atoms with Crippen LogP contribution in [0.25, 0.3) is 0 Å². The maximum absolute atomic E-state index is 12.0. The van der Waals surface area contributed by atoms with Gasteiger partial charge in [0.05, 0.1) is 11.9 Å². The van der Waals surface area contributed by atoms with Gasteiger partial charge < -0.3 is 10.8 Å². The lowest BCUT2D eigenvalue weighted by atomic mass is 10.2. The molecule has 0 spiro atoms. The van der Waals surface area contributed by atoms with Gasteiger partial charge in [-0.15, -0.1) is 0 Å². The Balaban J connectivity index is 2.09. The predicted molar refractivity (Wildman–Crippen MR) is 65.7 cm³/mol. The average Bonchev–Trinajstić information content (AvgIpc) is 2.69. The zero-order valence-electron chi connectivity index (χ0n) is 9.41. The van der Waals surface area contributed by atoms with Gasteiger partial charge in [0.1, 0.15) is 0 Å². The van der Waals surface area contributed by atoms with Crippen molar-refractivity contribution in [3.8, 4) is 0 Å². The van der Waals surface area contributed by atoms with E-state index in [1.165, 1.54) is 4.31 Å². The van der Waals surface area contributed by atoms with E-state index >= 15 is 0 Å². The zero-order chi connectivity index (χ0) is 12.5. The first-order valence-corrected chi connectivity index (χ1v) is 7.08. The highest BCUT2D eigenvalue weighted by atomic mass is 32.2. The number of β-amino-alcohol motifs (C(OH)–C–C–N with tert-alkyl or cyclic N) is 1. The van der Waals surface area contributed by atoms with Crippen LogP contribution in [-0.4, -0.2) is 37.0 Å². The molecule has 1 heterocycles. The number of benzene rings is 1. The van der Waals surface area contributed by atoms with E-state index in [2.05, 4.69) is 0 Å². The molecular weight excluding hydrogens is 240 g/mol. The van der Waals surface area contributed by atoms with Gasteiger partial charge in [-0.3, -0.25) is 0 Å². The Kier molecular flexibility index (Phi) is 3.37. The largest absolute Gasteiger partial charge is 0.399 e. The second-order valence-corrected chi connectivity index (χ2v) is 6.27. The molecule has 0 aliphatic carbocycles. The minimum atomic E-state index is -3.33. The Hall–Kier alpha value is -1.11. The number of rotatable bonds is 3. The lowest BCUT2D eigenvalue weighted by molar-refractivity contribution is 0.189. The van der Waals surface area contributed by atoms with Crippen LogP contribution in [-0.2, 0) is 15.8 Å². The van der Waals surface area contributed by atoms with Gasteiger partial charge in [-0.25, -0.2) is 8.42 Å². The summed E-state index contributed by atoms with van der Waals surface area (Å²) >= 11 is 0. The third kappa shape index (κ3) is 2.96. The van der Waals surface area contributed by atoms with Crippen LogP contribution in [0.4, 0.5) is 5.69 Å². The summed E-state index contributed by atoms with van der Waals surface area (Å²) in [6.07, 6.45) is -0.0165. The lowest BCUT2D eigenvalue weighted by Crippen LogP contribution is -2.30. The summed E-state index contributed by atoms with van der Waals surface area (Å²) in [5.41, 5.74) is 6.86. The Labute approximate surface area is 101 Å². The molecule has 0 radical (unpaired) electrons. The molecular formula is C11H16N2O3S. The fourth-order valence-electron chi connectivity index (χ4n) is 1.88. The van der Waals surface area contributed by atoms with Crippen molar-refractivity contribution in [2.75, 3.05) is 18.8 Å². The molecule has 0 saturated carbocycles. The molecule has 0 bridgehead atoms. The number of aliphatic hydroxyl groups excluding tert-OH is 1. The van der Waals surface area contributed by atoms with Gasteiger partial charge in [0.2, 0.25) is 10.0 Å². The minimum absolute atomic E-state index is 0.0417. The first-order valence-electron chi connectivity index (χ1n) is 5.48. The Bertz CT molecular complexity index is 484. The molecule has 17 heavy (non-hydrogen) atoms. The maximum atomic E-state index is 12.0. The van der Waals surface area contributed by atoms with E-state index in [1.807, 2.05) is 0 Å². The van der Waals surface area contributed by atoms with Crippen molar-refractivity contribution < 1.29 is 13.5 Å². The number of sulfonamides is 1. The zero-order valence-corrected chi connectivity index (χ0v) is 10.2. The van der Waals surface area contributed by atoms with E-state index in [4.69, 9.17) is 5.73 Å². The van der Waals surface area contributed by atoms with Crippen LogP contribution in [0.2, 0.25) is 0 Å². The smallest absolute Gasteiger partial charge is 0.218 e. The molecule has 1 aliphatic heterocycles. The molecule has 1 fully saturated rings. The fraction of sp³-hybridized carbons (Fsp3) is 0.455. The lowest BCUT2D eigenvalue weighted by Gasteiger charge is -2.15. The number of nitrogens with zero attached hydrogens (tertiary/aromatic N) is 1. The van der Waals surface area contributed by atoms with Crippen molar-refractivity contribution in [1.82, 2.24) is 4.31 Å². The van der Waals surface area contributed by atoms with Gasteiger partial charge in [-0.2, -0.15) is 4.31 Å². The molecule has 1 saturated heterocycles. The van der Waals surface area contributed by atoms with E-state index in [1.54, 1.807) is 24.3 Å². The summed E-state index contributed by atoms with van der Waals surface area (Å²) in [5, 5.41) is 9.34. The van der Waals surface area contributed by atoms with E-state index in [9.17, 15) is 13.5 Å². The first kappa shape index (κ1) is 12.3. The topological polar surface area (TPSA) is 83.6 Å². The monoisotopic (exact) mass is 256 g/mol. The summed E-state index contributed by atoms with van der Waals surface area (Å²) in [5.74, 6) is -0.0417. The van der Waals surface area contributed by atoms with Crippen molar-refractivity contribution >= 4 is 15.7 Å². The third-order valence-corrected chi connectivity index (χ3v) is 4.66. The van der Waals surface area contributed by atoms with Gasteiger partial charge in [-0.05, 0) is 24.1 Å². The molecule has 5 nitrogen and oxygen atoms in total. The van der Waals surface area contributed by atoms with Gasteiger partial charge in [0.15, 0.2) is 0 Å².